The summed E-state index contributed by atoms with van der Waals surface area (Å²) in [5.74, 6) is 0.491. The molecule has 0 saturated carbocycles. The van der Waals surface area contributed by atoms with Crippen LogP contribution < -0.4 is 0 Å². The highest BCUT2D eigenvalue weighted by Crippen LogP contribution is 2.23. The molecule has 1 N–H and O–H groups in total. The average Bonchev–Trinajstić information content (AvgIpc) is 3.46. The smallest absolute Gasteiger partial charge is 0.410 e. The van der Waals surface area contributed by atoms with E-state index >= 15 is 0 Å². The topological polar surface area (TPSA) is 79.3 Å². The molecule has 0 aliphatic carbocycles. The van der Waals surface area contributed by atoms with E-state index in [0.717, 1.165) is 51.1 Å². The Bertz CT molecular complexity index is 1040. The van der Waals surface area contributed by atoms with Crippen LogP contribution in [0.1, 0.15) is 38.3 Å². The monoisotopic (exact) mass is 438 g/mol. The number of aromatic nitrogens is 4. The minimum absolute atomic E-state index is 0.192. The third-order valence-electron chi connectivity index (χ3n) is 5.91. The average molecular weight is 439 g/mol. The normalized spacial score (nSPS) is 16.9. The second-order valence-electron chi connectivity index (χ2n) is 9.88. The number of H-pyrrole nitrogens is 1. The highest BCUT2D eigenvalue weighted by molar-refractivity contribution is 5.83. The molecule has 1 atom stereocenters. The molecule has 0 bridgehead atoms. The van der Waals surface area contributed by atoms with Crippen LogP contribution in [-0.4, -0.2) is 74.5 Å². The van der Waals surface area contributed by atoms with Gasteiger partial charge < -0.3 is 19.5 Å². The Morgan fingerprint density at radius 1 is 1.34 bits per heavy atom. The molecule has 0 unspecified atom stereocenters. The van der Waals surface area contributed by atoms with Gasteiger partial charge in [-0.25, -0.2) is 14.5 Å². The van der Waals surface area contributed by atoms with Gasteiger partial charge in [-0.1, -0.05) is 6.07 Å². The summed E-state index contributed by atoms with van der Waals surface area (Å²) in [5, 5.41) is 5.47. The number of aromatic amines is 1. The minimum Gasteiger partial charge on any atom is -0.444 e. The van der Waals surface area contributed by atoms with Crippen molar-refractivity contribution in [2.45, 2.75) is 45.8 Å². The number of amides is 1. The van der Waals surface area contributed by atoms with Gasteiger partial charge >= 0.3 is 6.09 Å². The molecule has 172 valence electrons. The lowest BCUT2D eigenvalue weighted by Crippen LogP contribution is -2.36. The van der Waals surface area contributed by atoms with Crippen molar-refractivity contribution in [1.82, 2.24) is 29.5 Å². The number of likely N-dealkylation sites (tertiary alicyclic amines) is 1. The number of nitrogens with one attached hydrogen (secondary N) is 1. The lowest BCUT2D eigenvalue weighted by atomic mass is 10.1. The summed E-state index contributed by atoms with van der Waals surface area (Å²) < 4.78 is 7.35. The summed E-state index contributed by atoms with van der Waals surface area (Å²) in [7, 11) is 2.17. The van der Waals surface area contributed by atoms with Gasteiger partial charge in [-0.15, -0.1) is 0 Å². The van der Waals surface area contributed by atoms with Crippen LogP contribution >= 0.6 is 0 Å². The number of hydrogen-bond donors (Lipinski definition) is 1. The molecule has 1 aliphatic rings. The third kappa shape index (κ3) is 5.68. The van der Waals surface area contributed by atoms with Gasteiger partial charge in [0.25, 0.3) is 0 Å². The Kier molecular flexibility index (Phi) is 6.50. The predicted octanol–water partition coefficient (Wildman–Crippen LogP) is 3.54. The molecule has 1 fully saturated rings. The Labute approximate surface area is 189 Å². The SMILES string of the molecule is CN(CCc1c[nH]c2ccc(Cn3cncn3)cc12)C[C@@H]1CCN(C(=O)OC(C)(C)C)C1. The number of fused-ring (bicyclic) bond motifs is 1. The number of benzene rings is 1. The summed E-state index contributed by atoms with van der Waals surface area (Å²) in [6, 6.07) is 6.52. The van der Waals surface area contributed by atoms with Crippen LogP contribution in [0, 0.1) is 5.92 Å². The number of carbonyl (C=O) groups is 1. The van der Waals surface area contributed by atoms with Crippen molar-refractivity contribution in [3.63, 3.8) is 0 Å². The molecule has 2 aromatic heterocycles. The van der Waals surface area contributed by atoms with Crippen LogP contribution in [0.2, 0.25) is 0 Å². The largest absolute Gasteiger partial charge is 0.444 e. The first kappa shape index (κ1) is 22.3. The van der Waals surface area contributed by atoms with Gasteiger partial charge in [-0.05, 0) is 69.8 Å². The van der Waals surface area contributed by atoms with Crippen molar-refractivity contribution in [3.8, 4) is 0 Å². The fraction of sp³-hybridized carbons (Fsp3) is 0.542. The predicted molar refractivity (Wildman–Crippen MR) is 125 cm³/mol. The number of rotatable bonds is 7. The molecular formula is C24H34N6O2. The zero-order chi connectivity index (χ0) is 22.7. The van der Waals surface area contributed by atoms with Crippen molar-refractivity contribution in [2.75, 3.05) is 33.2 Å². The van der Waals surface area contributed by atoms with E-state index in [4.69, 9.17) is 4.74 Å². The number of carbonyl (C=O) groups excluding carboxylic acids is 1. The first-order valence-electron chi connectivity index (χ1n) is 11.3. The lowest BCUT2D eigenvalue weighted by molar-refractivity contribution is 0.0286. The van der Waals surface area contributed by atoms with E-state index < -0.39 is 5.60 Å². The molecule has 3 aromatic rings. The molecular weight excluding hydrogens is 404 g/mol. The maximum absolute atomic E-state index is 12.3. The molecule has 32 heavy (non-hydrogen) atoms. The zero-order valence-electron chi connectivity index (χ0n) is 19.5. The standard InChI is InChI=1S/C24H34N6O2/c1-24(2,3)32-23(31)29-10-7-19(14-29)13-28(4)9-8-20-12-26-22-6-5-18(11-21(20)22)15-30-17-25-16-27-30/h5-6,11-12,16-17,19,26H,7-10,13-15H2,1-4H3/t19-/m0/s1. The van der Waals surface area contributed by atoms with Gasteiger partial charge in [-0.2, -0.15) is 5.10 Å². The number of likely N-dealkylation sites (N-methyl/N-ethyl adjacent to an activating group) is 1. The molecule has 3 heterocycles. The van der Waals surface area contributed by atoms with Crippen molar-refractivity contribution < 1.29 is 9.53 Å². The second-order valence-corrected chi connectivity index (χ2v) is 9.88. The van der Waals surface area contributed by atoms with Gasteiger partial charge in [0, 0.05) is 43.3 Å². The van der Waals surface area contributed by atoms with Crippen LogP contribution in [0.25, 0.3) is 10.9 Å². The quantitative estimate of drug-likeness (QED) is 0.610. The summed E-state index contributed by atoms with van der Waals surface area (Å²) >= 11 is 0. The molecule has 1 amide bonds. The third-order valence-corrected chi connectivity index (χ3v) is 5.91. The van der Waals surface area contributed by atoms with Crippen molar-refractivity contribution in [2.24, 2.45) is 5.92 Å². The second kappa shape index (κ2) is 9.32. The van der Waals surface area contributed by atoms with Crippen molar-refractivity contribution in [1.29, 1.82) is 0 Å². The van der Waals surface area contributed by atoms with E-state index in [9.17, 15) is 4.79 Å². The Morgan fingerprint density at radius 2 is 2.19 bits per heavy atom. The fourth-order valence-electron chi connectivity index (χ4n) is 4.35. The first-order valence-corrected chi connectivity index (χ1v) is 11.3. The van der Waals surface area contributed by atoms with Crippen LogP contribution in [-0.2, 0) is 17.7 Å². The van der Waals surface area contributed by atoms with Crippen molar-refractivity contribution in [3.05, 3.63) is 48.2 Å². The molecule has 1 aliphatic heterocycles. The van der Waals surface area contributed by atoms with E-state index in [0.29, 0.717) is 5.92 Å². The molecule has 1 saturated heterocycles. The minimum atomic E-state index is -0.444. The van der Waals surface area contributed by atoms with E-state index in [1.54, 1.807) is 12.7 Å². The van der Waals surface area contributed by atoms with Crippen LogP contribution in [0.4, 0.5) is 4.79 Å². The fourth-order valence-corrected chi connectivity index (χ4v) is 4.35. The van der Waals surface area contributed by atoms with E-state index in [1.807, 2.05) is 30.4 Å². The summed E-state index contributed by atoms with van der Waals surface area (Å²) in [4.78, 5) is 23.9. The van der Waals surface area contributed by atoms with Gasteiger partial charge in [0.1, 0.15) is 18.3 Å². The van der Waals surface area contributed by atoms with Crippen LogP contribution in [0.5, 0.6) is 0 Å². The van der Waals surface area contributed by atoms with Gasteiger partial charge in [0.15, 0.2) is 0 Å². The van der Waals surface area contributed by atoms with E-state index in [2.05, 4.69) is 51.4 Å². The van der Waals surface area contributed by atoms with Crippen LogP contribution in [0.15, 0.2) is 37.1 Å². The molecule has 0 spiro atoms. The Hall–Kier alpha value is -2.87. The highest BCUT2D eigenvalue weighted by atomic mass is 16.6. The zero-order valence-corrected chi connectivity index (χ0v) is 19.5. The van der Waals surface area contributed by atoms with Gasteiger partial charge in [0.2, 0.25) is 0 Å². The molecule has 0 radical (unpaired) electrons. The number of hydrogen-bond acceptors (Lipinski definition) is 5. The molecule has 1 aromatic carbocycles. The van der Waals surface area contributed by atoms with Gasteiger partial charge in [-0.3, -0.25) is 0 Å². The molecule has 4 rings (SSSR count). The summed E-state index contributed by atoms with van der Waals surface area (Å²) in [6.45, 7) is 9.97. The molecule has 8 heteroatoms. The first-order chi connectivity index (χ1) is 15.3. The maximum Gasteiger partial charge on any atom is 0.410 e. The lowest BCUT2D eigenvalue weighted by Gasteiger charge is -2.25. The number of ether oxygens (including phenoxy) is 1. The van der Waals surface area contributed by atoms with Crippen molar-refractivity contribution >= 4 is 17.0 Å². The maximum atomic E-state index is 12.3. The summed E-state index contributed by atoms with van der Waals surface area (Å²) in [6.07, 6.45) is 7.24. The Morgan fingerprint density at radius 3 is 2.94 bits per heavy atom. The molecule has 8 nitrogen and oxygen atoms in total. The van der Waals surface area contributed by atoms with E-state index in [-0.39, 0.29) is 6.09 Å². The Balaban J connectivity index is 1.29. The highest BCUT2D eigenvalue weighted by Gasteiger charge is 2.30. The number of nitrogens with zero attached hydrogens (tertiary/aromatic N) is 5. The summed E-state index contributed by atoms with van der Waals surface area (Å²) in [5.41, 5.74) is 3.26. The van der Waals surface area contributed by atoms with Crippen LogP contribution in [0.3, 0.4) is 0 Å². The van der Waals surface area contributed by atoms with E-state index in [1.165, 1.54) is 16.5 Å². The van der Waals surface area contributed by atoms with Gasteiger partial charge in [0.05, 0.1) is 6.54 Å².